The minimum Gasteiger partial charge on any atom is -0.482 e. The van der Waals surface area contributed by atoms with Crippen LogP contribution in [-0.2, 0) is 4.79 Å². The van der Waals surface area contributed by atoms with E-state index in [-0.39, 0.29) is 12.5 Å². The Morgan fingerprint density at radius 2 is 2.07 bits per heavy atom. The summed E-state index contributed by atoms with van der Waals surface area (Å²) >= 11 is 7.66. The summed E-state index contributed by atoms with van der Waals surface area (Å²) in [5.74, 6) is 0.254. The van der Waals surface area contributed by atoms with E-state index in [9.17, 15) is 4.79 Å². The molecule has 0 aliphatic rings. The Morgan fingerprint density at radius 1 is 1.26 bits per heavy atom. The van der Waals surface area contributed by atoms with E-state index in [4.69, 9.17) is 16.3 Å². The number of thiazole rings is 1. The van der Waals surface area contributed by atoms with E-state index in [1.807, 2.05) is 59.4 Å². The molecular weight excluding hydrogens is 382 g/mol. The number of carbonyl (C=O) groups excluding carboxylic acids is 1. The SMILES string of the molecule is Cc1ccc(Cl)c(OCC(=O)Nc2ccc(-c3cn4ccsc4n3)cc2)c1. The van der Waals surface area contributed by atoms with E-state index in [1.54, 1.807) is 23.5 Å². The van der Waals surface area contributed by atoms with E-state index in [1.165, 1.54) is 0 Å². The lowest BCUT2D eigenvalue weighted by Crippen LogP contribution is -2.20. The zero-order valence-corrected chi connectivity index (χ0v) is 16.1. The van der Waals surface area contributed by atoms with Crippen LogP contribution >= 0.6 is 22.9 Å². The number of benzene rings is 2. The van der Waals surface area contributed by atoms with Gasteiger partial charge in [-0.15, -0.1) is 11.3 Å². The van der Waals surface area contributed by atoms with Crippen LogP contribution in [0.4, 0.5) is 5.69 Å². The van der Waals surface area contributed by atoms with Crippen LogP contribution in [0.2, 0.25) is 5.02 Å². The van der Waals surface area contributed by atoms with Gasteiger partial charge in [-0.1, -0.05) is 29.8 Å². The lowest BCUT2D eigenvalue weighted by Gasteiger charge is -2.09. The lowest BCUT2D eigenvalue weighted by molar-refractivity contribution is -0.118. The van der Waals surface area contributed by atoms with Crippen molar-refractivity contribution in [3.63, 3.8) is 0 Å². The van der Waals surface area contributed by atoms with Gasteiger partial charge >= 0.3 is 0 Å². The van der Waals surface area contributed by atoms with Gasteiger partial charge in [-0.05, 0) is 36.8 Å². The molecule has 0 spiro atoms. The van der Waals surface area contributed by atoms with Crippen molar-refractivity contribution >= 4 is 39.5 Å². The first-order valence-corrected chi connectivity index (χ1v) is 9.56. The highest BCUT2D eigenvalue weighted by Crippen LogP contribution is 2.25. The van der Waals surface area contributed by atoms with E-state index in [0.717, 1.165) is 21.8 Å². The molecule has 2 heterocycles. The van der Waals surface area contributed by atoms with Gasteiger partial charge in [0.05, 0.1) is 10.7 Å². The van der Waals surface area contributed by atoms with Crippen molar-refractivity contribution in [3.8, 4) is 17.0 Å². The van der Waals surface area contributed by atoms with Crippen LogP contribution in [0.15, 0.2) is 60.2 Å². The molecule has 0 bridgehead atoms. The van der Waals surface area contributed by atoms with Gasteiger partial charge in [-0.3, -0.25) is 9.20 Å². The number of aryl methyl sites for hydroxylation is 1. The summed E-state index contributed by atoms with van der Waals surface area (Å²) in [6.07, 6.45) is 3.96. The largest absolute Gasteiger partial charge is 0.482 e. The fourth-order valence-corrected chi connectivity index (χ4v) is 3.52. The van der Waals surface area contributed by atoms with Gasteiger partial charge in [-0.25, -0.2) is 4.98 Å². The number of nitrogens with one attached hydrogen (secondary N) is 1. The van der Waals surface area contributed by atoms with Gasteiger partial charge in [0.2, 0.25) is 0 Å². The van der Waals surface area contributed by atoms with Crippen molar-refractivity contribution in [2.24, 2.45) is 0 Å². The predicted molar refractivity (Wildman–Crippen MR) is 109 cm³/mol. The molecule has 1 amide bonds. The number of rotatable bonds is 5. The molecule has 0 radical (unpaired) electrons. The van der Waals surface area contributed by atoms with Crippen molar-refractivity contribution in [1.29, 1.82) is 0 Å². The fraction of sp³-hybridized carbons (Fsp3) is 0.100. The summed E-state index contributed by atoms with van der Waals surface area (Å²) in [5, 5.41) is 5.30. The Bertz CT molecular complexity index is 1070. The van der Waals surface area contributed by atoms with Crippen LogP contribution < -0.4 is 10.1 Å². The minimum atomic E-state index is -0.247. The molecule has 7 heteroatoms. The molecule has 0 saturated carbocycles. The van der Waals surface area contributed by atoms with Gasteiger partial charge in [0.25, 0.3) is 5.91 Å². The number of imidazole rings is 1. The van der Waals surface area contributed by atoms with Gasteiger partial charge < -0.3 is 10.1 Å². The summed E-state index contributed by atoms with van der Waals surface area (Å²) in [6, 6.07) is 13.0. The molecule has 4 aromatic rings. The smallest absolute Gasteiger partial charge is 0.262 e. The van der Waals surface area contributed by atoms with Crippen molar-refractivity contribution in [3.05, 3.63) is 70.8 Å². The first-order valence-electron chi connectivity index (χ1n) is 8.30. The molecule has 0 aliphatic heterocycles. The molecule has 0 fully saturated rings. The average Bonchev–Trinajstić information content (AvgIpc) is 3.25. The monoisotopic (exact) mass is 397 g/mol. The maximum Gasteiger partial charge on any atom is 0.262 e. The summed E-state index contributed by atoms with van der Waals surface area (Å²) in [4.78, 5) is 17.7. The summed E-state index contributed by atoms with van der Waals surface area (Å²) in [7, 11) is 0. The topological polar surface area (TPSA) is 55.6 Å². The third-order valence-corrected chi connectivity index (χ3v) is 5.09. The second-order valence-corrected chi connectivity index (χ2v) is 7.35. The number of ether oxygens (including phenoxy) is 1. The molecule has 0 aliphatic carbocycles. The van der Waals surface area contributed by atoms with Gasteiger partial charge in [0.15, 0.2) is 11.6 Å². The second-order valence-electron chi connectivity index (χ2n) is 6.07. The molecule has 2 aromatic heterocycles. The molecule has 136 valence electrons. The van der Waals surface area contributed by atoms with Crippen molar-refractivity contribution in [2.75, 3.05) is 11.9 Å². The highest BCUT2D eigenvalue weighted by atomic mass is 35.5. The van der Waals surface area contributed by atoms with Crippen LogP contribution in [0, 0.1) is 6.92 Å². The zero-order valence-electron chi connectivity index (χ0n) is 14.5. The molecule has 1 N–H and O–H groups in total. The predicted octanol–water partition coefficient (Wildman–Crippen LogP) is 5.04. The van der Waals surface area contributed by atoms with Crippen molar-refractivity contribution in [1.82, 2.24) is 9.38 Å². The maximum atomic E-state index is 12.1. The second kappa shape index (κ2) is 7.42. The highest BCUT2D eigenvalue weighted by molar-refractivity contribution is 7.15. The number of halogens is 1. The van der Waals surface area contributed by atoms with Crippen LogP contribution in [0.1, 0.15) is 5.56 Å². The molecule has 0 unspecified atom stereocenters. The third kappa shape index (κ3) is 3.97. The Balaban J connectivity index is 1.38. The molecule has 2 aromatic carbocycles. The summed E-state index contributed by atoms with van der Waals surface area (Å²) in [5.41, 5.74) is 3.61. The van der Waals surface area contributed by atoms with Gasteiger partial charge in [0.1, 0.15) is 5.75 Å². The van der Waals surface area contributed by atoms with Crippen molar-refractivity contribution < 1.29 is 9.53 Å². The molecule has 0 atom stereocenters. The first kappa shape index (κ1) is 17.6. The number of hydrogen-bond donors (Lipinski definition) is 1. The summed E-state index contributed by atoms with van der Waals surface area (Å²) < 4.78 is 7.50. The van der Waals surface area contributed by atoms with Crippen LogP contribution in [0.25, 0.3) is 16.2 Å². The van der Waals surface area contributed by atoms with Crippen LogP contribution in [0.5, 0.6) is 5.75 Å². The summed E-state index contributed by atoms with van der Waals surface area (Å²) in [6.45, 7) is 1.83. The molecule has 27 heavy (non-hydrogen) atoms. The van der Waals surface area contributed by atoms with Gasteiger partial charge in [0, 0.05) is 29.0 Å². The molecule has 5 nitrogen and oxygen atoms in total. The number of fused-ring (bicyclic) bond motifs is 1. The van der Waals surface area contributed by atoms with E-state index in [2.05, 4.69) is 10.3 Å². The van der Waals surface area contributed by atoms with E-state index >= 15 is 0 Å². The van der Waals surface area contributed by atoms with Crippen molar-refractivity contribution in [2.45, 2.75) is 6.92 Å². The number of hydrogen-bond acceptors (Lipinski definition) is 4. The molecular formula is C20H16ClN3O2S. The number of nitrogens with zero attached hydrogens (tertiary/aromatic N) is 2. The van der Waals surface area contributed by atoms with Gasteiger partial charge in [-0.2, -0.15) is 0 Å². The molecule has 4 rings (SSSR count). The van der Waals surface area contributed by atoms with E-state index in [0.29, 0.717) is 16.5 Å². The fourth-order valence-electron chi connectivity index (χ4n) is 2.65. The average molecular weight is 398 g/mol. The van der Waals surface area contributed by atoms with Crippen LogP contribution in [-0.4, -0.2) is 21.9 Å². The van der Waals surface area contributed by atoms with Crippen LogP contribution in [0.3, 0.4) is 0 Å². The maximum absolute atomic E-state index is 12.1. The third-order valence-electron chi connectivity index (χ3n) is 4.00. The zero-order chi connectivity index (χ0) is 18.8. The standard InChI is InChI=1S/C20H16ClN3O2S/c1-13-2-7-16(21)18(10-13)26-12-19(25)22-15-5-3-14(4-6-15)17-11-24-8-9-27-20(24)23-17/h2-11H,12H2,1H3,(H,22,25). The number of carbonyl (C=O) groups is 1. The quantitative estimate of drug-likeness (QED) is 0.513. The Morgan fingerprint density at radius 3 is 2.85 bits per heavy atom. The Kier molecular flexibility index (Phi) is 4.83. The number of aromatic nitrogens is 2. The number of amides is 1. The minimum absolute atomic E-state index is 0.109. The molecule has 0 saturated heterocycles. The lowest BCUT2D eigenvalue weighted by atomic mass is 10.1. The Labute approximate surface area is 165 Å². The van der Waals surface area contributed by atoms with E-state index < -0.39 is 0 Å². The Hall–Kier alpha value is -2.83. The normalized spacial score (nSPS) is 10.9. The first-order chi connectivity index (χ1) is 13.1. The number of anilines is 1. The highest BCUT2D eigenvalue weighted by Gasteiger charge is 2.08.